The number of amides is 3. The zero-order valence-corrected chi connectivity index (χ0v) is 15.6. The number of imide groups is 1. The average Bonchev–Trinajstić information content (AvgIpc) is 3.24. The van der Waals surface area contributed by atoms with E-state index in [1.54, 1.807) is 11.3 Å². The molecule has 2 fully saturated rings. The maximum absolute atomic E-state index is 12.4. The average molecular weight is 366 g/mol. The fraction of sp³-hybridized carbons (Fsp3) is 0.706. The zero-order valence-electron chi connectivity index (χ0n) is 14.7. The number of hydrogen-bond donors (Lipinski definition) is 2. The summed E-state index contributed by atoms with van der Waals surface area (Å²) >= 11 is 1.64. The van der Waals surface area contributed by atoms with Gasteiger partial charge in [-0.15, -0.1) is 11.3 Å². The molecule has 0 spiro atoms. The van der Waals surface area contributed by atoms with Gasteiger partial charge in [-0.2, -0.15) is 0 Å². The lowest BCUT2D eigenvalue weighted by molar-refractivity contribution is -0.124. The van der Waals surface area contributed by atoms with Crippen molar-refractivity contribution >= 4 is 28.4 Å². The molecular formula is C17H27N5O2S. The van der Waals surface area contributed by atoms with Gasteiger partial charge in [0, 0.05) is 43.8 Å². The van der Waals surface area contributed by atoms with Crippen molar-refractivity contribution in [3.8, 4) is 0 Å². The maximum atomic E-state index is 12.4. The van der Waals surface area contributed by atoms with E-state index in [1.165, 1.54) is 0 Å². The number of carbonyl (C=O) groups is 2. The van der Waals surface area contributed by atoms with Crippen molar-refractivity contribution in [2.75, 3.05) is 31.1 Å². The van der Waals surface area contributed by atoms with Crippen LogP contribution in [0.4, 0.5) is 9.93 Å². The number of carbonyl (C=O) groups excluding carboxylic acids is 2. The predicted octanol–water partition coefficient (Wildman–Crippen LogP) is 1.81. The van der Waals surface area contributed by atoms with E-state index in [9.17, 15) is 9.59 Å². The Balaban J connectivity index is 1.47. The Morgan fingerprint density at radius 3 is 2.72 bits per heavy atom. The highest BCUT2D eigenvalue weighted by Gasteiger charge is 2.26. The van der Waals surface area contributed by atoms with Gasteiger partial charge >= 0.3 is 6.03 Å². The third-order valence-corrected chi connectivity index (χ3v) is 5.91. The van der Waals surface area contributed by atoms with Crippen molar-refractivity contribution < 1.29 is 9.59 Å². The molecule has 138 valence electrons. The fourth-order valence-electron chi connectivity index (χ4n) is 3.56. The van der Waals surface area contributed by atoms with Crippen LogP contribution in [0.5, 0.6) is 0 Å². The lowest BCUT2D eigenvalue weighted by Gasteiger charge is -2.26. The largest absolute Gasteiger partial charge is 0.347 e. The minimum absolute atomic E-state index is 0.216. The van der Waals surface area contributed by atoms with Crippen LogP contribution in [0.3, 0.4) is 0 Å². The lowest BCUT2D eigenvalue weighted by Crippen LogP contribution is -2.51. The van der Waals surface area contributed by atoms with Crippen molar-refractivity contribution in [2.45, 2.75) is 51.1 Å². The normalized spacial score (nSPS) is 20.9. The molecule has 8 heteroatoms. The summed E-state index contributed by atoms with van der Waals surface area (Å²) in [5, 5.41) is 8.43. The second kappa shape index (κ2) is 8.62. The first-order chi connectivity index (χ1) is 12.1. The van der Waals surface area contributed by atoms with Gasteiger partial charge in [0.2, 0.25) is 5.91 Å². The molecule has 0 radical (unpaired) electrons. The Labute approximate surface area is 152 Å². The van der Waals surface area contributed by atoms with Crippen LogP contribution in [0.25, 0.3) is 0 Å². The summed E-state index contributed by atoms with van der Waals surface area (Å²) in [6.45, 7) is 5.30. The SMILES string of the molecule is C[C@@H](C(=O)NC(=O)NC1CCCC1)N1CCCN(c2nccs2)CC1. The molecule has 0 aromatic carbocycles. The van der Waals surface area contributed by atoms with E-state index in [-0.39, 0.29) is 24.0 Å². The molecule has 1 atom stereocenters. The van der Waals surface area contributed by atoms with Crippen LogP contribution >= 0.6 is 11.3 Å². The molecule has 1 aromatic heterocycles. The Bertz CT molecular complexity index is 574. The summed E-state index contributed by atoms with van der Waals surface area (Å²) < 4.78 is 0. The first-order valence-electron chi connectivity index (χ1n) is 9.13. The van der Waals surface area contributed by atoms with Crippen LogP contribution < -0.4 is 15.5 Å². The van der Waals surface area contributed by atoms with Gasteiger partial charge in [0.15, 0.2) is 5.13 Å². The smallest absolute Gasteiger partial charge is 0.321 e. The van der Waals surface area contributed by atoms with Gasteiger partial charge in [0.25, 0.3) is 0 Å². The van der Waals surface area contributed by atoms with Crippen molar-refractivity contribution in [1.29, 1.82) is 0 Å². The topological polar surface area (TPSA) is 77.6 Å². The molecule has 3 amide bonds. The highest BCUT2D eigenvalue weighted by molar-refractivity contribution is 7.13. The lowest BCUT2D eigenvalue weighted by atomic mass is 10.2. The fourth-order valence-corrected chi connectivity index (χ4v) is 4.26. The van der Waals surface area contributed by atoms with Crippen LogP contribution in [0.15, 0.2) is 11.6 Å². The summed E-state index contributed by atoms with van der Waals surface area (Å²) in [7, 11) is 0. The molecule has 0 unspecified atom stereocenters. The van der Waals surface area contributed by atoms with Crippen molar-refractivity contribution in [1.82, 2.24) is 20.5 Å². The molecule has 1 saturated carbocycles. The summed E-state index contributed by atoms with van der Waals surface area (Å²) in [6, 6.07) is -0.457. The molecule has 2 heterocycles. The van der Waals surface area contributed by atoms with Crippen molar-refractivity contribution in [3.63, 3.8) is 0 Å². The van der Waals surface area contributed by atoms with Crippen LogP contribution in [-0.4, -0.2) is 60.1 Å². The number of hydrogen-bond acceptors (Lipinski definition) is 6. The van der Waals surface area contributed by atoms with Crippen molar-refractivity contribution in [2.24, 2.45) is 0 Å². The minimum atomic E-state index is -0.358. The quantitative estimate of drug-likeness (QED) is 0.851. The molecular weight excluding hydrogens is 338 g/mol. The van der Waals surface area contributed by atoms with Gasteiger partial charge in [-0.1, -0.05) is 12.8 Å². The summed E-state index contributed by atoms with van der Waals surface area (Å²) in [5.74, 6) is -0.224. The third kappa shape index (κ3) is 4.92. The number of anilines is 1. The van der Waals surface area contributed by atoms with E-state index in [1.807, 2.05) is 18.5 Å². The van der Waals surface area contributed by atoms with Crippen LogP contribution in [0, 0.1) is 0 Å². The molecule has 1 aromatic rings. The summed E-state index contributed by atoms with van der Waals surface area (Å²) in [6.07, 6.45) is 7.12. The first-order valence-corrected chi connectivity index (χ1v) is 10.0. The molecule has 7 nitrogen and oxygen atoms in total. The van der Waals surface area contributed by atoms with Crippen LogP contribution in [0.2, 0.25) is 0 Å². The number of nitrogens with zero attached hydrogens (tertiary/aromatic N) is 3. The third-order valence-electron chi connectivity index (χ3n) is 5.07. The van der Waals surface area contributed by atoms with E-state index < -0.39 is 0 Å². The first kappa shape index (κ1) is 18.1. The van der Waals surface area contributed by atoms with E-state index in [2.05, 4.69) is 25.4 Å². The Morgan fingerprint density at radius 2 is 2.00 bits per heavy atom. The van der Waals surface area contributed by atoms with Gasteiger partial charge in [0.1, 0.15) is 0 Å². The molecule has 0 bridgehead atoms. The van der Waals surface area contributed by atoms with Gasteiger partial charge < -0.3 is 10.2 Å². The van der Waals surface area contributed by atoms with Crippen LogP contribution in [0.1, 0.15) is 39.0 Å². The summed E-state index contributed by atoms with van der Waals surface area (Å²) in [5.41, 5.74) is 0. The minimum Gasteiger partial charge on any atom is -0.347 e. The van der Waals surface area contributed by atoms with Crippen LogP contribution in [-0.2, 0) is 4.79 Å². The van der Waals surface area contributed by atoms with E-state index in [0.29, 0.717) is 0 Å². The van der Waals surface area contributed by atoms with Gasteiger partial charge in [-0.05, 0) is 26.2 Å². The summed E-state index contributed by atoms with van der Waals surface area (Å²) in [4.78, 5) is 33.2. The number of urea groups is 1. The van der Waals surface area contributed by atoms with Gasteiger partial charge in [-0.25, -0.2) is 9.78 Å². The molecule has 2 aliphatic rings. The molecule has 3 rings (SSSR count). The Hall–Kier alpha value is -1.67. The molecule has 25 heavy (non-hydrogen) atoms. The number of thiazole rings is 1. The second-order valence-electron chi connectivity index (χ2n) is 6.81. The standard InChI is InChI=1S/C17H27N5O2S/c1-13(15(23)20-16(24)19-14-5-2-3-6-14)21-8-4-9-22(11-10-21)17-18-7-12-25-17/h7,12-14H,2-6,8-11H2,1H3,(H2,19,20,23,24)/t13-/m0/s1. The second-order valence-corrected chi connectivity index (χ2v) is 7.68. The Kier molecular flexibility index (Phi) is 6.25. The van der Waals surface area contributed by atoms with E-state index in [0.717, 1.165) is 63.4 Å². The highest BCUT2D eigenvalue weighted by atomic mass is 32.1. The molecule has 2 N–H and O–H groups in total. The number of aromatic nitrogens is 1. The molecule has 1 aliphatic carbocycles. The number of rotatable bonds is 4. The number of nitrogens with one attached hydrogen (secondary N) is 2. The van der Waals surface area contributed by atoms with E-state index in [4.69, 9.17) is 0 Å². The predicted molar refractivity (Wildman–Crippen MR) is 98.9 cm³/mol. The maximum Gasteiger partial charge on any atom is 0.321 e. The van der Waals surface area contributed by atoms with Crippen molar-refractivity contribution in [3.05, 3.63) is 11.6 Å². The van der Waals surface area contributed by atoms with E-state index >= 15 is 0 Å². The van der Waals surface area contributed by atoms with Gasteiger partial charge in [0.05, 0.1) is 6.04 Å². The Morgan fingerprint density at radius 1 is 1.20 bits per heavy atom. The monoisotopic (exact) mass is 365 g/mol. The highest BCUT2D eigenvalue weighted by Crippen LogP contribution is 2.20. The van der Waals surface area contributed by atoms with Gasteiger partial charge in [-0.3, -0.25) is 15.0 Å². The molecule has 1 saturated heterocycles. The molecule has 1 aliphatic heterocycles. The zero-order chi connectivity index (χ0) is 17.6.